The summed E-state index contributed by atoms with van der Waals surface area (Å²) in [6.45, 7) is 5.32. The fourth-order valence-corrected chi connectivity index (χ4v) is 6.68. The minimum Gasteiger partial charge on any atom is -0.494 e. The number of amides is 1. The van der Waals surface area contributed by atoms with Gasteiger partial charge in [0.05, 0.1) is 49.1 Å². The van der Waals surface area contributed by atoms with Crippen molar-refractivity contribution in [3.8, 4) is 28.4 Å². The van der Waals surface area contributed by atoms with Crippen molar-refractivity contribution in [1.29, 1.82) is 0 Å². The molecular weight excluding hydrogens is 654 g/mol. The molecule has 2 saturated heterocycles. The Kier molecular flexibility index (Phi) is 8.72. The topological polar surface area (TPSA) is 109 Å². The van der Waals surface area contributed by atoms with Gasteiger partial charge in [-0.25, -0.2) is 23.7 Å². The first-order valence-corrected chi connectivity index (χ1v) is 16.6. The molecule has 3 aromatic heterocycles. The lowest BCUT2D eigenvalue weighted by atomic mass is 10.0. The number of nitrogens with one attached hydrogen (secondary N) is 2. The Balaban J connectivity index is 1.09. The maximum Gasteiger partial charge on any atom is 0.255 e. The van der Waals surface area contributed by atoms with Gasteiger partial charge in [-0.3, -0.25) is 14.1 Å². The summed E-state index contributed by atoms with van der Waals surface area (Å²) in [4.78, 5) is 32.3. The van der Waals surface area contributed by atoms with E-state index in [-0.39, 0.29) is 5.56 Å². The number of carbonyl (C=O) groups is 1. The third kappa shape index (κ3) is 6.44. The minimum absolute atomic E-state index is 0.202. The van der Waals surface area contributed by atoms with Gasteiger partial charge in [0, 0.05) is 61.5 Å². The number of fused-ring (bicyclic) bond motifs is 2. The van der Waals surface area contributed by atoms with Crippen molar-refractivity contribution in [3.05, 3.63) is 115 Å². The largest absolute Gasteiger partial charge is 0.494 e. The highest BCUT2D eigenvalue weighted by Crippen LogP contribution is 2.35. The summed E-state index contributed by atoms with van der Waals surface area (Å²) in [5, 5.41) is 5.68. The Morgan fingerprint density at radius 1 is 0.941 bits per heavy atom. The summed E-state index contributed by atoms with van der Waals surface area (Å²) in [5.41, 5.74) is 4.55. The molecule has 2 N–H and O–H groups in total. The van der Waals surface area contributed by atoms with Gasteiger partial charge in [0.15, 0.2) is 0 Å². The van der Waals surface area contributed by atoms with E-state index in [1.807, 2.05) is 47.0 Å². The maximum absolute atomic E-state index is 14.3. The van der Waals surface area contributed by atoms with Crippen molar-refractivity contribution in [2.24, 2.45) is 0 Å². The molecular formula is C38H34F2N8O3. The third-order valence-corrected chi connectivity index (χ3v) is 9.26. The molecule has 2 aliphatic heterocycles. The number of rotatable bonds is 8. The van der Waals surface area contributed by atoms with Crippen molar-refractivity contribution < 1.29 is 23.0 Å². The van der Waals surface area contributed by atoms with Gasteiger partial charge in [0.2, 0.25) is 5.95 Å². The van der Waals surface area contributed by atoms with Crippen LogP contribution >= 0.6 is 0 Å². The van der Waals surface area contributed by atoms with Crippen LogP contribution in [-0.2, 0) is 4.74 Å². The van der Waals surface area contributed by atoms with Gasteiger partial charge >= 0.3 is 0 Å². The second-order valence-corrected chi connectivity index (χ2v) is 12.4. The van der Waals surface area contributed by atoms with Gasteiger partial charge in [-0.05, 0) is 54.6 Å². The van der Waals surface area contributed by atoms with E-state index in [2.05, 4.69) is 31.5 Å². The van der Waals surface area contributed by atoms with Gasteiger partial charge < -0.3 is 25.0 Å². The number of imidazole rings is 1. The number of halogens is 2. The van der Waals surface area contributed by atoms with E-state index in [9.17, 15) is 13.6 Å². The minimum atomic E-state index is -0.864. The summed E-state index contributed by atoms with van der Waals surface area (Å²) in [6.07, 6.45) is 3.55. The number of hydrogen-bond acceptors (Lipinski definition) is 9. The number of hydrogen-bond donors (Lipinski definition) is 2. The van der Waals surface area contributed by atoms with E-state index in [0.717, 1.165) is 57.2 Å². The highest BCUT2D eigenvalue weighted by Gasteiger charge is 2.30. The average Bonchev–Trinajstić information content (AvgIpc) is 3.56. The number of ether oxygens (including phenoxy) is 2. The highest BCUT2D eigenvalue weighted by molar-refractivity contribution is 6.05. The van der Waals surface area contributed by atoms with Crippen LogP contribution in [0.3, 0.4) is 0 Å². The molecule has 8 rings (SSSR count). The first-order chi connectivity index (χ1) is 24.9. The van der Waals surface area contributed by atoms with Crippen LogP contribution in [0.5, 0.6) is 5.75 Å². The molecule has 1 amide bonds. The Morgan fingerprint density at radius 2 is 1.80 bits per heavy atom. The van der Waals surface area contributed by atoms with Crippen LogP contribution in [0.2, 0.25) is 0 Å². The lowest BCUT2D eigenvalue weighted by Gasteiger charge is -2.44. The predicted octanol–water partition coefficient (Wildman–Crippen LogP) is 6.26. The van der Waals surface area contributed by atoms with Crippen LogP contribution < -0.4 is 20.3 Å². The number of morpholine rings is 1. The van der Waals surface area contributed by atoms with E-state index in [4.69, 9.17) is 19.4 Å². The molecule has 6 aromatic rings. The van der Waals surface area contributed by atoms with Crippen molar-refractivity contribution in [2.45, 2.75) is 6.04 Å². The average molecular weight is 689 g/mol. The Bertz CT molecular complexity index is 2220. The first-order valence-electron chi connectivity index (χ1n) is 16.6. The molecule has 0 bridgehead atoms. The molecule has 2 fully saturated rings. The molecule has 258 valence electrons. The second kappa shape index (κ2) is 13.8. The van der Waals surface area contributed by atoms with Gasteiger partial charge in [-0.1, -0.05) is 24.3 Å². The zero-order chi connectivity index (χ0) is 34.9. The molecule has 0 saturated carbocycles. The van der Waals surface area contributed by atoms with Crippen molar-refractivity contribution >= 4 is 34.6 Å². The van der Waals surface area contributed by atoms with Crippen molar-refractivity contribution in [2.75, 3.05) is 62.0 Å². The lowest BCUT2D eigenvalue weighted by Crippen LogP contribution is -2.58. The second-order valence-electron chi connectivity index (χ2n) is 12.4. The van der Waals surface area contributed by atoms with Gasteiger partial charge in [0.25, 0.3) is 5.91 Å². The zero-order valence-corrected chi connectivity index (χ0v) is 27.7. The van der Waals surface area contributed by atoms with Gasteiger partial charge in [-0.2, -0.15) is 0 Å². The van der Waals surface area contributed by atoms with E-state index in [1.165, 1.54) is 6.07 Å². The third-order valence-electron chi connectivity index (χ3n) is 9.26. The molecule has 0 unspecified atom stereocenters. The molecule has 51 heavy (non-hydrogen) atoms. The number of benzene rings is 3. The molecule has 11 nitrogen and oxygen atoms in total. The van der Waals surface area contributed by atoms with Crippen LogP contribution in [0.15, 0.2) is 97.3 Å². The molecule has 1 atom stereocenters. The molecule has 5 heterocycles. The Labute approximate surface area is 292 Å². The first kappa shape index (κ1) is 32.3. The fourth-order valence-electron chi connectivity index (χ4n) is 6.68. The SMILES string of the molecule is COc1cc(N2CCN3CCOC[C@@H]3C2)ccc1Nc1nccc(-c2c(-c3cccc(C(=O)Nc4c(F)cccc4F)c3)nc3ccccn23)n1. The maximum atomic E-state index is 14.3. The lowest BCUT2D eigenvalue weighted by molar-refractivity contribution is -0.0116. The summed E-state index contributed by atoms with van der Waals surface area (Å²) in [7, 11) is 1.64. The highest BCUT2D eigenvalue weighted by atomic mass is 19.1. The number of nitrogens with zero attached hydrogens (tertiary/aromatic N) is 6. The molecule has 3 aromatic carbocycles. The molecule has 0 spiro atoms. The number of carbonyl (C=O) groups excluding carboxylic acids is 1. The Morgan fingerprint density at radius 3 is 2.67 bits per heavy atom. The standard InChI is InChI=1S/C38H34F2N8O3/c1-50-32-21-26(47-17-16-46-18-19-51-23-27(46)22-47)11-12-30(32)42-38-41-14-13-31(43-38)36-34(44-33-10-2-3-15-48(33)36)24-6-4-7-25(20-24)37(49)45-35-28(39)8-5-9-29(35)40/h2-15,20-21,27H,16-19,22-23H2,1H3,(H,45,49)(H,41,42,43)/t27-/m0/s1. The molecule has 2 aliphatic rings. The van der Waals surface area contributed by atoms with Gasteiger partial charge in [0.1, 0.15) is 28.7 Å². The van der Waals surface area contributed by atoms with E-state index < -0.39 is 23.2 Å². The number of pyridine rings is 1. The number of methoxy groups -OCH3 is 1. The quantitative estimate of drug-likeness (QED) is 0.192. The van der Waals surface area contributed by atoms with Crippen LogP contribution in [0, 0.1) is 11.6 Å². The number of piperazine rings is 1. The molecule has 0 radical (unpaired) electrons. The Hall–Kier alpha value is -5.92. The molecule has 13 heteroatoms. The smallest absolute Gasteiger partial charge is 0.255 e. The monoisotopic (exact) mass is 688 g/mol. The molecule has 0 aliphatic carbocycles. The van der Waals surface area contributed by atoms with Crippen LogP contribution in [0.1, 0.15) is 10.4 Å². The van der Waals surface area contributed by atoms with Crippen LogP contribution in [0.25, 0.3) is 28.3 Å². The summed E-state index contributed by atoms with van der Waals surface area (Å²) >= 11 is 0. The number of aromatic nitrogens is 4. The van der Waals surface area contributed by atoms with Crippen molar-refractivity contribution in [3.63, 3.8) is 0 Å². The number of para-hydroxylation sites is 1. The summed E-state index contributed by atoms with van der Waals surface area (Å²) in [5.74, 6) is -1.38. The van der Waals surface area contributed by atoms with E-state index >= 15 is 0 Å². The predicted molar refractivity (Wildman–Crippen MR) is 191 cm³/mol. The van der Waals surface area contributed by atoms with Crippen LogP contribution in [-0.4, -0.2) is 82.7 Å². The van der Waals surface area contributed by atoms with Crippen molar-refractivity contribution in [1.82, 2.24) is 24.3 Å². The zero-order valence-electron chi connectivity index (χ0n) is 27.7. The van der Waals surface area contributed by atoms with Gasteiger partial charge in [-0.15, -0.1) is 0 Å². The normalized spacial score (nSPS) is 16.1. The number of anilines is 4. The van der Waals surface area contributed by atoms with E-state index in [1.54, 1.807) is 37.6 Å². The summed E-state index contributed by atoms with van der Waals surface area (Å²) < 4.78 is 42.0. The summed E-state index contributed by atoms with van der Waals surface area (Å²) in [6, 6.07) is 24.0. The van der Waals surface area contributed by atoms with Crippen LogP contribution in [0.4, 0.5) is 31.8 Å². The fraction of sp³-hybridized carbons (Fsp3) is 0.211. The van der Waals surface area contributed by atoms with E-state index in [0.29, 0.717) is 51.7 Å².